The molecule has 25 heavy (non-hydrogen) atoms. The zero-order chi connectivity index (χ0) is 18.1. The predicted molar refractivity (Wildman–Crippen MR) is 97.2 cm³/mol. The molecule has 0 aliphatic heterocycles. The molecule has 0 heterocycles. The summed E-state index contributed by atoms with van der Waals surface area (Å²) >= 11 is 1.52. The van der Waals surface area contributed by atoms with E-state index in [2.05, 4.69) is 5.32 Å². The van der Waals surface area contributed by atoms with Crippen LogP contribution >= 0.6 is 11.8 Å². The molecule has 2 aromatic rings. The smallest absolute Gasteiger partial charge is 0.251 e. The van der Waals surface area contributed by atoms with Crippen molar-refractivity contribution >= 4 is 23.5 Å². The molecule has 0 spiro atoms. The van der Waals surface area contributed by atoms with Crippen LogP contribution < -0.4 is 5.32 Å². The molecule has 128 valence electrons. The van der Waals surface area contributed by atoms with Crippen LogP contribution in [0.5, 0.6) is 5.75 Å². The standard InChI is InChI=1S/C19H18N2O3S/c20-11-10-18(23)17(13-25-12-14-4-2-1-3-5-14)21-19(24)15-6-8-16(22)9-7-15/h1-9,17,22H,10,12-13H2,(H,21,24)/t17-/m0/s1. The second-order valence-corrected chi connectivity index (χ2v) is 6.41. The Balaban J connectivity index is 1.97. The monoisotopic (exact) mass is 354 g/mol. The van der Waals surface area contributed by atoms with E-state index < -0.39 is 11.9 Å². The van der Waals surface area contributed by atoms with Gasteiger partial charge < -0.3 is 10.4 Å². The number of benzene rings is 2. The molecule has 2 rings (SSSR count). The van der Waals surface area contributed by atoms with Gasteiger partial charge in [0.2, 0.25) is 0 Å². The molecular weight excluding hydrogens is 336 g/mol. The molecule has 0 unspecified atom stereocenters. The molecule has 0 aliphatic rings. The van der Waals surface area contributed by atoms with Gasteiger partial charge >= 0.3 is 0 Å². The average Bonchev–Trinajstić information content (AvgIpc) is 2.62. The van der Waals surface area contributed by atoms with Crippen molar-refractivity contribution in [2.24, 2.45) is 0 Å². The molecular formula is C19H18N2O3S. The summed E-state index contributed by atoms with van der Waals surface area (Å²) < 4.78 is 0. The van der Waals surface area contributed by atoms with Gasteiger partial charge in [0.05, 0.1) is 18.5 Å². The van der Waals surface area contributed by atoms with Crippen LogP contribution in [-0.4, -0.2) is 28.6 Å². The molecule has 0 aliphatic carbocycles. The van der Waals surface area contributed by atoms with E-state index in [1.807, 2.05) is 36.4 Å². The molecule has 0 aromatic heterocycles. The second kappa shape index (κ2) is 9.50. The molecule has 0 saturated heterocycles. The van der Waals surface area contributed by atoms with Crippen molar-refractivity contribution < 1.29 is 14.7 Å². The van der Waals surface area contributed by atoms with E-state index in [4.69, 9.17) is 5.26 Å². The number of nitrogens with one attached hydrogen (secondary N) is 1. The van der Waals surface area contributed by atoms with E-state index in [0.29, 0.717) is 17.1 Å². The predicted octanol–water partition coefficient (Wildman–Crippen LogP) is 2.91. The summed E-state index contributed by atoms with van der Waals surface area (Å²) in [5.41, 5.74) is 1.48. The van der Waals surface area contributed by atoms with Crippen LogP contribution in [0.15, 0.2) is 54.6 Å². The van der Waals surface area contributed by atoms with Crippen molar-refractivity contribution in [2.75, 3.05) is 5.75 Å². The average molecular weight is 354 g/mol. The lowest BCUT2D eigenvalue weighted by molar-refractivity contribution is -0.119. The zero-order valence-corrected chi connectivity index (χ0v) is 14.3. The third kappa shape index (κ3) is 5.98. The fraction of sp³-hybridized carbons (Fsp3) is 0.211. The molecule has 5 nitrogen and oxygen atoms in total. The van der Waals surface area contributed by atoms with Crippen LogP contribution in [0.1, 0.15) is 22.3 Å². The first-order valence-electron chi connectivity index (χ1n) is 7.71. The second-order valence-electron chi connectivity index (χ2n) is 5.37. The van der Waals surface area contributed by atoms with E-state index in [-0.39, 0.29) is 18.0 Å². The van der Waals surface area contributed by atoms with Gasteiger partial charge in [0.1, 0.15) is 5.75 Å². The molecule has 0 radical (unpaired) electrons. The maximum absolute atomic E-state index is 12.3. The Morgan fingerprint density at radius 2 is 1.80 bits per heavy atom. The highest BCUT2D eigenvalue weighted by atomic mass is 32.2. The van der Waals surface area contributed by atoms with Crippen LogP contribution in [0.2, 0.25) is 0 Å². The molecule has 0 bridgehead atoms. The quantitative estimate of drug-likeness (QED) is 0.761. The highest BCUT2D eigenvalue weighted by Gasteiger charge is 2.21. The van der Waals surface area contributed by atoms with Crippen molar-refractivity contribution in [3.8, 4) is 11.8 Å². The summed E-state index contributed by atoms with van der Waals surface area (Å²) in [6.07, 6.45) is -0.244. The molecule has 1 amide bonds. The number of phenols is 1. The maximum Gasteiger partial charge on any atom is 0.251 e. The fourth-order valence-corrected chi connectivity index (χ4v) is 3.19. The summed E-state index contributed by atoms with van der Waals surface area (Å²) in [5.74, 6) is 0.449. The lowest BCUT2D eigenvalue weighted by atomic mass is 10.1. The SMILES string of the molecule is N#CCC(=O)[C@H](CSCc1ccccc1)NC(=O)c1ccc(O)cc1. The number of Topliss-reactive ketones (excluding diaryl/α,β-unsaturated/α-hetero) is 1. The van der Waals surface area contributed by atoms with Gasteiger partial charge in [-0.1, -0.05) is 30.3 Å². The third-order valence-corrected chi connectivity index (χ3v) is 4.58. The Morgan fingerprint density at radius 1 is 1.12 bits per heavy atom. The van der Waals surface area contributed by atoms with Gasteiger partial charge in [-0.05, 0) is 29.8 Å². The van der Waals surface area contributed by atoms with E-state index in [1.165, 1.54) is 36.0 Å². The summed E-state index contributed by atoms with van der Waals surface area (Å²) in [6, 6.07) is 16.7. The number of rotatable bonds is 8. The van der Waals surface area contributed by atoms with Crippen LogP contribution in [0.3, 0.4) is 0 Å². The number of nitriles is 1. The topological polar surface area (TPSA) is 90.2 Å². The number of carbonyl (C=O) groups is 2. The minimum absolute atomic E-state index is 0.0621. The maximum atomic E-state index is 12.3. The zero-order valence-electron chi connectivity index (χ0n) is 13.5. The third-order valence-electron chi connectivity index (χ3n) is 3.47. The molecule has 0 saturated carbocycles. The highest BCUT2D eigenvalue weighted by molar-refractivity contribution is 7.98. The summed E-state index contributed by atoms with van der Waals surface area (Å²) in [6.45, 7) is 0. The van der Waals surface area contributed by atoms with Gasteiger partial charge in [-0.25, -0.2) is 0 Å². The van der Waals surface area contributed by atoms with Gasteiger partial charge in [-0.3, -0.25) is 9.59 Å². The molecule has 6 heteroatoms. The van der Waals surface area contributed by atoms with Crippen molar-refractivity contribution in [1.29, 1.82) is 5.26 Å². The van der Waals surface area contributed by atoms with Gasteiger partial charge in [0.15, 0.2) is 5.78 Å². The highest BCUT2D eigenvalue weighted by Crippen LogP contribution is 2.15. The summed E-state index contributed by atoms with van der Waals surface area (Å²) in [7, 11) is 0. The Morgan fingerprint density at radius 3 is 2.44 bits per heavy atom. The van der Waals surface area contributed by atoms with Crippen molar-refractivity contribution in [1.82, 2.24) is 5.32 Å². The van der Waals surface area contributed by atoms with Crippen molar-refractivity contribution in [3.05, 3.63) is 65.7 Å². The van der Waals surface area contributed by atoms with Crippen LogP contribution in [0.4, 0.5) is 0 Å². The Kier molecular flexibility index (Phi) is 7.05. The number of aromatic hydroxyl groups is 1. The number of thioether (sulfide) groups is 1. The first-order chi connectivity index (χ1) is 12.1. The molecule has 1 atom stereocenters. The van der Waals surface area contributed by atoms with E-state index in [0.717, 1.165) is 5.56 Å². The molecule has 2 aromatic carbocycles. The van der Waals surface area contributed by atoms with Crippen LogP contribution in [-0.2, 0) is 10.5 Å². The van der Waals surface area contributed by atoms with Gasteiger partial charge in [0.25, 0.3) is 5.91 Å². The number of amides is 1. The fourth-order valence-electron chi connectivity index (χ4n) is 2.14. The molecule has 0 fully saturated rings. The van der Waals surface area contributed by atoms with Crippen molar-refractivity contribution in [3.63, 3.8) is 0 Å². The minimum Gasteiger partial charge on any atom is -0.508 e. The lowest BCUT2D eigenvalue weighted by Gasteiger charge is -2.16. The Bertz CT molecular complexity index is 754. The van der Waals surface area contributed by atoms with Gasteiger partial charge in [-0.15, -0.1) is 0 Å². The number of hydrogen-bond donors (Lipinski definition) is 2. The van der Waals surface area contributed by atoms with Crippen LogP contribution in [0, 0.1) is 11.3 Å². The largest absolute Gasteiger partial charge is 0.508 e. The van der Waals surface area contributed by atoms with E-state index >= 15 is 0 Å². The number of carbonyl (C=O) groups excluding carboxylic acids is 2. The summed E-state index contributed by atoms with van der Waals surface area (Å²) in [4.78, 5) is 24.4. The summed E-state index contributed by atoms with van der Waals surface area (Å²) in [5, 5.41) is 20.7. The number of nitrogens with zero attached hydrogens (tertiary/aromatic N) is 1. The first-order valence-corrected chi connectivity index (χ1v) is 8.87. The van der Waals surface area contributed by atoms with Gasteiger partial charge in [-0.2, -0.15) is 17.0 Å². The molecule has 2 N–H and O–H groups in total. The van der Waals surface area contributed by atoms with Crippen LogP contribution in [0.25, 0.3) is 0 Å². The first kappa shape index (κ1) is 18.6. The van der Waals surface area contributed by atoms with Crippen molar-refractivity contribution in [2.45, 2.75) is 18.2 Å². The minimum atomic E-state index is -0.727. The Labute approximate surface area is 150 Å². The number of hydrogen-bond acceptors (Lipinski definition) is 5. The number of ketones is 1. The van der Waals surface area contributed by atoms with Gasteiger partial charge in [0, 0.05) is 17.1 Å². The number of phenolic OH excluding ortho intramolecular Hbond substituents is 1. The lowest BCUT2D eigenvalue weighted by Crippen LogP contribution is -2.42. The van der Waals surface area contributed by atoms with E-state index in [1.54, 1.807) is 0 Å². The normalized spacial score (nSPS) is 11.3. The Hall–Kier alpha value is -2.78. The van der Waals surface area contributed by atoms with E-state index in [9.17, 15) is 14.7 Å².